The molecular formula is C28H28F3N3O5S. The van der Waals surface area contributed by atoms with E-state index in [9.17, 15) is 22.8 Å². The van der Waals surface area contributed by atoms with Gasteiger partial charge in [-0.1, -0.05) is 12.1 Å². The van der Waals surface area contributed by atoms with Crippen LogP contribution in [0.4, 0.5) is 23.7 Å². The van der Waals surface area contributed by atoms with Crippen molar-refractivity contribution in [2.24, 2.45) is 0 Å². The van der Waals surface area contributed by atoms with Gasteiger partial charge in [-0.15, -0.1) is 11.3 Å². The fourth-order valence-corrected chi connectivity index (χ4v) is 5.26. The number of alkyl halides is 3. The van der Waals surface area contributed by atoms with Crippen LogP contribution in [0.5, 0.6) is 11.5 Å². The minimum absolute atomic E-state index is 0.142. The van der Waals surface area contributed by atoms with E-state index in [1.165, 1.54) is 28.4 Å². The number of urea groups is 1. The molecule has 1 fully saturated rings. The molecule has 40 heavy (non-hydrogen) atoms. The molecule has 1 N–H and O–H groups in total. The van der Waals surface area contributed by atoms with Crippen molar-refractivity contribution in [1.82, 2.24) is 9.80 Å². The first-order valence-electron chi connectivity index (χ1n) is 12.8. The van der Waals surface area contributed by atoms with Gasteiger partial charge in [-0.05, 0) is 66.2 Å². The molecule has 3 heterocycles. The van der Waals surface area contributed by atoms with Gasteiger partial charge in [0.2, 0.25) is 12.7 Å². The number of fused-ring (bicyclic) bond motifs is 1. The number of carbonyl (C=O) groups is 2. The lowest BCUT2D eigenvalue weighted by Gasteiger charge is -2.29. The minimum atomic E-state index is -4.48. The van der Waals surface area contributed by atoms with Gasteiger partial charge in [-0.3, -0.25) is 4.79 Å². The first kappa shape index (κ1) is 27.8. The molecule has 1 aromatic heterocycles. The highest BCUT2D eigenvalue weighted by molar-refractivity contribution is 7.09. The van der Waals surface area contributed by atoms with Crippen molar-refractivity contribution in [1.29, 1.82) is 0 Å². The maximum atomic E-state index is 13.7. The molecule has 212 valence electrons. The Bertz CT molecular complexity index is 1310. The Hall–Kier alpha value is -3.77. The molecule has 0 radical (unpaired) electrons. The van der Waals surface area contributed by atoms with Gasteiger partial charge in [0.15, 0.2) is 11.5 Å². The highest BCUT2D eigenvalue weighted by atomic mass is 32.1. The summed E-state index contributed by atoms with van der Waals surface area (Å²) in [4.78, 5) is 31.0. The van der Waals surface area contributed by atoms with E-state index in [0.29, 0.717) is 24.7 Å². The van der Waals surface area contributed by atoms with Gasteiger partial charge in [-0.25, -0.2) is 4.79 Å². The molecule has 0 saturated carbocycles. The molecule has 12 heteroatoms. The highest BCUT2D eigenvalue weighted by Crippen LogP contribution is 2.33. The van der Waals surface area contributed by atoms with Crippen molar-refractivity contribution in [3.8, 4) is 11.5 Å². The second-order valence-corrected chi connectivity index (χ2v) is 10.6. The molecule has 1 unspecified atom stereocenters. The van der Waals surface area contributed by atoms with Gasteiger partial charge in [0.05, 0.1) is 18.2 Å². The normalized spacial score (nSPS) is 16.1. The van der Waals surface area contributed by atoms with E-state index < -0.39 is 17.8 Å². The van der Waals surface area contributed by atoms with Crippen molar-refractivity contribution in [3.63, 3.8) is 0 Å². The zero-order valence-electron chi connectivity index (χ0n) is 21.5. The minimum Gasteiger partial charge on any atom is -0.454 e. The molecule has 0 aliphatic carbocycles. The predicted molar refractivity (Wildman–Crippen MR) is 142 cm³/mol. The molecule has 3 aromatic rings. The van der Waals surface area contributed by atoms with Gasteiger partial charge in [-0.2, -0.15) is 13.2 Å². The molecule has 5 rings (SSSR count). The van der Waals surface area contributed by atoms with Crippen LogP contribution in [0.15, 0.2) is 60.0 Å². The van der Waals surface area contributed by atoms with E-state index in [1.54, 1.807) is 11.0 Å². The van der Waals surface area contributed by atoms with Crippen LogP contribution in [-0.4, -0.2) is 54.3 Å². The van der Waals surface area contributed by atoms with Crippen molar-refractivity contribution in [2.75, 3.05) is 31.8 Å². The lowest BCUT2D eigenvalue weighted by molar-refractivity contribution is -0.137. The van der Waals surface area contributed by atoms with E-state index in [0.717, 1.165) is 35.4 Å². The molecule has 2 aliphatic rings. The number of rotatable bonds is 9. The molecule has 2 aromatic carbocycles. The fourth-order valence-electron chi connectivity index (χ4n) is 4.54. The molecule has 0 spiro atoms. The van der Waals surface area contributed by atoms with Crippen LogP contribution < -0.4 is 14.8 Å². The maximum absolute atomic E-state index is 13.7. The summed E-state index contributed by atoms with van der Waals surface area (Å²) in [5, 5.41) is 4.56. The van der Waals surface area contributed by atoms with Gasteiger partial charge >= 0.3 is 12.2 Å². The molecule has 3 amide bonds. The highest BCUT2D eigenvalue weighted by Gasteiger charge is 2.31. The first-order valence-corrected chi connectivity index (χ1v) is 13.7. The van der Waals surface area contributed by atoms with E-state index in [4.69, 9.17) is 14.2 Å². The number of amides is 3. The number of carbonyl (C=O) groups excluding carboxylic acids is 2. The summed E-state index contributed by atoms with van der Waals surface area (Å²) < 4.78 is 55.4. The number of nitrogens with one attached hydrogen (secondary N) is 1. The van der Waals surface area contributed by atoms with E-state index >= 15 is 0 Å². The van der Waals surface area contributed by atoms with Gasteiger partial charge in [0.25, 0.3) is 0 Å². The maximum Gasteiger partial charge on any atom is 0.416 e. The Balaban J connectivity index is 1.32. The first-order chi connectivity index (χ1) is 19.2. The number of hydrogen-bond donors (Lipinski definition) is 1. The molecular weight excluding hydrogens is 547 g/mol. The lowest BCUT2D eigenvalue weighted by Crippen LogP contribution is -2.46. The van der Waals surface area contributed by atoms with Crippen molar-refractivity contribution in [2.45, 2.75) is 38.2 Å². The predicted octanol–water partition coefficient (Wildman–Crippen LogP) is 5.74. The third-order valence-electron chi connectivity index (χ3n) is 6.61. The number of nitrogens with zero attached hydrogens (tertiary/aromatic N) is 2. The summed E-state index contributed by atoms with van der Waals surface area (Å²) in [5.74, 6) is 0.964. The number of halogens is 3. The van der Waals surface area contributed by atoms with Gasteiger partial charge in [0.1, 0.15) is 6.54 Å². The van der Waals surface area contributed by atoms with Crippen molar-refractivity contribution >= 4 is 29.0 Å². The van der Waals surface area contributed by atoms with Crippen LogP contribution in [-0.2, 0) is 28.8 Å². The van der Waals surface area contributed by atoms with Crippen molar-refractivity contribution in [3.05, 3.63) is 76.0 Å². The molecule has 2 aliphatic heterocycles. The lowest BCUT2D eigenvalue weighted by atomic mass is 10.1. The summed E-state index contributed by atoms with van der Waals surface area (Å²) in [6.45, 7) is 1.28. The topological polar surface area (TPSA) is 80.3 Å². The fraction of sp³-hybridized carbons (Fsp3) is 0.357. The van der Waals surface area contributed by atoms with E-state index in [2.05, 4.69) is 5.32 Å². The smallest absolute Gasteiger partial charge is 0.416 e. The monoisotopic (exact) mass is 575 g/mol. The van der Waals surface area contributed by atoms with Gasteiger partial charge < -0.3 is 29.3 Å². The second-order valence-electron chi connectivity index (χ2n) is 9.54. The average Bonchev–Trinajstić information content (AvgIpc) is 3.71. The number of hydrogen-bond acceptors (Lipinski definition) is 6. The molecule has 0 bridgehead atoms. The third kappa shape index (κ3) is 7.05. The number of thiophene rings is 1. The third-order valence-corrected chi connectivity index (χ3v) is 7.48. The summed E-state index contributed by atoms with van der Waals surface area (Å²) in [5.41, 5.74) is 0.220. The number of benzene rings is 2. The Morgan fingerprint density at radius 2 is 1.80 bits per heavy atom. The standard InChI is InChI=1S/C28H28F3N3O5S/c29-28(30,31)20-6-8-21(9-7-20)32-27(36)34(15-22-3-1-11-37-22)17-26(35)33(16-23-4-2-12-40-23)14-19-5-10-24-25(13-19)39-18-38-24/h2,4-10,12-13,22H,1,3,11,14-18H2,(H,32,36). The van der Waals surface area contributed by atoms with Crippen LogP contribution in [0, 0.1) is 0 Å². The summed E-state index contributed by atoms with van der Waals surface area (Å²) in [7, 11) is 0. The zero-order valence-corrected chi connectivity index (χ0v) is 22.3. The van der Waals surface area contributed by atoms with Crippen LogP contribution in [0.2, 0.25) is 0 Å². The van der Waals surface area contributed by atoms with Crippen LogP contribution >= 0.6 is 11.3 Å². The Morgan fingerprint density at radius 1 is 1.00 bits per heavy atom. The van der Waals surface area contributed by atoms with Crippen LogP contribution in [0.3, 0.4) is 0 Å². The van der Waals surface area contributed by atoms with E-state index in [-0.39, 0.29) is 44.1 Å². The Morgan fingerprint density at radius 3 is 2.50 bits per heavy atom. The Kier molecular flexibility index (Phi) is 8.46. The Labute approximate surface area is 233 Å². The summed E-state index contributed by atoms with van der Waals surface area (Å²) >= 11 is 1.52. The number of anilines is 1. The quantitative estimate of drug-likeness (QED) is 0.352. The SMILES string of the molecule is O=C(CN(CC1CCCO1)C(=O)Nc1ccc(C(F)(F)F)cc1)N(Cc1ccc2c(c1)OCO2)Cc1cccs1. The zero-order chi connectivity index (χ0) is 28.1. The molecule has 1 saturated heterocycles. The van der Waals surface area contributed by atoms with Crippen LogP contribution in [0.25, 0.3) is 0 Å². The van der Waals surface area contributed by atoms with Gasteiger partial charge in [0, 0.05) is 30.3 Å². The second kappa shape index (κ2) is 12.2. The molecule has 8 nitrogen and oxygen atoms in total. The number of ether oxygens (including phenoxy) is 3. The summed E-state index contributed by atoms with van der Waals surface area (Å²) in [6.07, 6.45) is -3.12. The van der Waals surface area contributed by atoms with Crippen LogP contribution in [0.1, 0.15) is 28.8 Å². The van der Waals surface area contributed by atoms with E-state index in [1.807, 2.05) is 29.6 Å². The molecule has 1 atom stereocenters. The largest absolute Gasteiger partial charge is 0.454 e. The summed E-state index contributed by atoms with van der Waals surface area (Å²) in [6, 6.07) is 12.9. The van der Waals surface area contributed by atoms with Crippen molar-refractivity contribution < 1.29 is 37.0 Å². The average molecular weight is 576 g/mol.